The first kappa shape index (κ1) is 26.8. The molecule has 0 aliphatic carbocycles. The third-order valence-electron chi connectivity index (χ3n) is 6.38. The van der Waals surface area contributed by atoms with Gasteiger partial charge in [0, 0.05) is 19.4 Å². The zero-order valence-electron chi connectivity index (χ0n) is 20.4. The lowest BCUT2D eigenvalue weighted by Crippen LogP contribution is -2.48. The molecule has 0 aromatic rings. The second kappa shape index (κ2) is 12.0. The van der Waals surface area contributed by atoms with Crippen molar-refractivity contribution in [3.05, 3.63) is 12.7 Å². The molecular weight excluding hydrogens is 380 g/mol. The van der Waals surface area contributed by atoms with Crippen molar-refractivity contribution in [1.82, 2.24) is 0 Å². The fourth-order valence-electron chi connectivity index (χ4n) is 5.36. The van der Waals surface area contributed by atoms with E-state index in [0.717, 1.165) is 32.3 Å². The van der Waals surface area contributed by atoms with E-state index in [1.54, 1.807) is 6.08 Å². The predicted octanol–water partition coefficient (Wildman–Crippen LogP) is 6.59. The van der Waals surface area contributed by atoms with Crippen molar-refractivity contribution >= 4 is 8.32 Å². The number of hydrogen-bond acceptors (Lipinski definition) is 4. The molecule has 0 saturated carbocycles. The van der Waals surface area contributed by atoms with Gasteiger partial charge in [-0.15, -0.1) is 6.58 Å². The van der Waals surface area contributed by atoms with Crippen LogP contribution in [0.5, 0.6) is 0 Å². The maximum Gasteiger partial charge on any atom is 0.200 e. The fraction of sp³-hybridized carbons (Fsp3) is 0.917. The lowest BCUT2D eigenvalue weighted by atomic mass is 9.98. The molecule has 0 aromatic carbocycles. The standard InChI is InChI=1S/C24H48O4Si/c1-10-13-21(25)16-23-17-22(27-24(8,9)28-23)14-11-12-15-26-29(18(2)3,19(4)5)20(6)7/h10,18-23,25H,1,11-17H2,2-9H3/t21-,22+,23+/m0/s1. The van der Waals surface area contributed by atoms with E-state index in [4.69, 9.17) is 13.9 Å². The van der Waals surface area contributed by atoms with Crippen LogP contribution < -0.4 is 0 Å². The van der Waals surface area contributed by atoms with Gasteiger partial charge in [0.1, 0.15) is 0 Å². The Hall–Kier alpha value is -0.203. The zero-order chi connectivity index (χ0) is 22.2. The maximum absolute atomic E-state index is 10.1. The molecule has 5 heteroatoms. The van der Waals surface area contributed by atoms with Gasteiger partial charge in [-0.05, 0) is 56.2 Å². The molecule has 0 radical (unpaired) electrons. The fourth-order valence-corrected chi connectivity index (χ4v) is 10.9. The van der Waals surface area contributed by atoms with Gasteiger partial charge in [0.15, 0.2) is 14.1 Å². The molecular formula is C24H48O4Si. The monoisotopic (exact) mass is 428 g/mol. The first-order valence-electron chi connectivity index (χ1n) is 11.7. The Morgan fingerprint density at radius 1 is 1.03 bits per heavy atom. The van der Waals surface area contributed by atoms with Gasteiger partial charge in [-0.25, -0.2) is 0 Å². The molecule has 1 heterocycles. The van der Waals surface area contributed by atoms with Gasteiger partial charge >= 0.3 is 0 Å². The summed E-state index contributed by atoms with van der Waals surface area (Å²) in [5.74, 6) is -0.590. The van der Waals surface area contributed by atoms with Gasteiger partial charge < -0.3 is 19.0 Å². The summed E-state index contributed by atoms with van der Waals surface area (Å²) in [7, 11) is -1.76. The molecule has 3 atom stereocenters. The van der Waals surface area contributed by atoms with Gasteiger partial charge in [0.25, 0.3) is 0 Å². The molecule has 1 aliphatic heterocycles. The van der Waals surface area contributed by atoms with Crippen LogP contribution in [0.25, 0.3) is 0 Å². The summed E-state index contributed by atoms with van der Waals surface area (Å²) in [4.78, 5) is 0. The highest BCUT2D eigenvalue weighted by atomic mass is 28.4. The SMILES string of the molecule is C=CC[C@H](O)C[C@@H]1C[C@@H](CCCCO[Si](C(C)C)(C(C)C)C(C)C)OC(C)(C)O1. The van der Waals surface area contributed by atoms with E-state index < -0.39 is 14.1 Å². The number of aliphatic hydroxyl groups excluding tert-OH is 1. The van der Waals surface area contributed by atoms with Crippen LogP contribution in [0.2, 0.25) is 16.6 Å². The van der Waals surface area contributed by atoms with Gasteiger partial charge in [-0.2, -0.15) is 0 Å². The van der Waals surface area contributed by atoms with E-state index in [1.807, 2.05) is 13.8 Å². The van der Waals surface area contributed by atoms with Crippen LogP contribution in [0, 0.1) is 0 Å². The van der Waals surface area contributed by atoms with Crippen molar-refractivity contribution in [2.45, 2.75) is 135 Å². The summed E-state index contributed by atoms with van der Waals surface area (Å²) in [5.41, 5.74) is 1.89. The minimum absolute atomic E-state index is 0.0397. The Balaban J connectivity index is 2.50. The molecule has 0 aromatic heterocycles. The van der Waals surface area contributed by atoms with E-state index in [9.17, 15) is 5.11 Å². The first-order chi connectivity index (χ1) is 13.4. The lowest BCUT2D eigenvalue weighted by molar-refractivity contribution is -0.303. The van der Waals surface area contributed by atoms with Crippen LogP contribution in [0.1, 0.15) is 93.9 Å². The van der Waals surface area contributed by atoms with Crippen molar-refractivity contribution in [3.63, 3.8) is 0 Å². The second-order valence-electron chi connectivity index (χ2n) is 10.2. The highest BCUT2D eigenvalue weighted by Crippen LogP contribution is 2.42. The van der Waals surface area contributed by atoms with Crippen LogP contribution in [-0.4, -0.2) is 44.1 Å². The molecule has 1 N–H and O–H groups in total. The molecule has 4 nitrogen and oxygen atoms in total. The van der Waals surface area contributed by atoms with E-state index in [0.29, 0.717) is 29.5 Å². The molecule has 0 amide bonds. The summed E-state index contributed by atoms with van der Waals surface area (Å²) < 4.78 is 18.9. The second-order valence-corrected chi connectivity index (χ2v) is 15.7. The van der Waals surface area contributed by atoms with Crippen molar-refractivity contribution < 1.29 is 19.0 Å². The Labute approximate surface area is 181 Å². The quantitative estimate of drug-likeness (QED) is 0.204. The summed E-state index contributed by atoms with van der Waals surface area (Å²) in [5, 5.41) is 10.1. The number of ether oxygens (including phenoxy) is 2. The van der Waals surface area contributed by atoms with Crippen molar-refractivity contribution in [1.29, 1.82) is 0 Å². The third kappa shape index (κ3) is 8.10. The average Bonchev–Trinajstić information content (AvgIpc) is 2.55. The van der Waals surface area contributed by atoms with Crippen molar-refractivity contribution in [2.24, 2.45) is 0 Å². The van der Waals surface area contributed by atoms with Gasteiger partial charge in [-0.3, -0.25) is 0 Å². The van der Waals surface area contributed by atoms with Crippen LogP contribution >= 0.6 is 0 Å². The molecule has 0 spiro atoms. The van der Waals surface area contributed by atoms with Gasteiger partial charge in [0.2, 0.25) is 0 Å². The summed E-state index contributed by atoms with van der Waals surface area (Å²) in [6, 6.07) is 0. The Kier molecular flexibility index (Phi) is 11.1. The molecule has 1 fully saturated rings. The number of hydrogen-bond donors (Lipinski definition) is 1. The molecule has 1 aliphatic rings. The van der Waals surface area contributed by atoms with Gasteiger partial charge in [0.05, 0.1) is 18.3 Å². The molecule has 1 saturated heterocycles. The Morgan fingerprint density at radius 3 is 2.10 bits per heavy atom. The largest absolute Gasteiger partial charge is 0.416 e. The lowest BCUT2D eigenvalue weighted by Gasteiger charge is -2.42. The molecule has 0 unspecified atom stereocenters. The average molecular weight is 429 g/mol. The minimum Gasteiger partial charge on any atom is -0.416 e. The number of rotatable bonds is 13. The molecule has 0 bridgehead atoms. The Bertz CT molecular complexity index is 454. The highest BCUT2D eigenvalue weighted by molar-refractivity contribution is 6.77. The summed E-state index contributed by atoms with van der Waals surface area (Å²) in [6.07, 6.45) is 6.89. The summed E-state index contributed by atoms with van der Waals surface area (Å²) >= 11 is 0. The van der Waals surface area contributed by atoms with E-state index in [2.05, 4.69) is 48.1 Å². The van der Waals surface area contributed by atoms with Crippen molar-refractivity contribution in [2.75, 3.05) is 6.61 Å². The van der Waals surface area contributed by atoms with Crippen LogP contribution in [0.3, 0.4) is 0 Å². The smallest absolute Gasteiger partial charge is 0.200 e. The number of unbranched alkanes of at least 4 members (excludes halogenated alkanes) is 1. The molecule has 172 valence electrons. The normalized spacial score (nSPS) is 23.7. The summed E-state index contributed by atoms with van der Waals surface area (Å²) in [6.45, 7) is 22.5. The van der Waals surface area contributed by atoms with E-state index >= 15 is 0 Å². The topological polar surface area (TPSA) is 47.9 Å². The zero-order valence-corrected chi connectivity index (χ0v) is 21.4. The van der Waals surface area contributed by atoms with E-state index in [-0.39, 0.29) is 18.3 Å². The van der Waals surface area contributed by atoms with Crippen LogP contribution in [0.15, 0.2) is 12.7 Å². The van der Waals surface area contributed by atoms with Crippen LogP contribution in [-0.2, 0) is 13.9 Å². The van der Waals surface area contributed by atoms with Crippen molar-refractivity contribution in [3.8, 4) is 0 Å². The molecule has 1 rings (SSSR count). The van der Waals surface area contributed by atoms with Gasteiger partial charge in [-0.1, -0.05) is 47.6 Å². The highest BCUT2D eigenvalue weighted by Gasteiger charge is 2.44. The maximum atomic E-state index is 10.1. The molecule has 29 heavy (non-hydrogen) atoms. The van der Waals surface area contributed by atoms with Crippen LogP contribution in [0.4, 0.5) is 0 Å². The minimum atomic E-state index is -1.76. The Morgan fingerprint density at radius 2 is 1.59 bits per heavy atom. The predicted molar refractivity (Wildman–Crippen MR) is 125 cm³/mol. The first-order valence-corrected chi connectivity index (χ1v) is 13.9. The third-order valence-corrected chi connectivity index (χ3v) is 12.5. The number of aliphatic hydroxyl groups is 1. The van der Waals surface area contributed by atoms with E-state index in [1.165, 1.54) is 0 Å².